The number of rotatable bonds is 4. The SMILES string of the molecule is Cc1ncc([N+](=O)[O-])n1CCOC(=O)N1CCc2c([nH]c3ccccc23)C1. The van der Waals surface area contributed by atoms with Gasteiger partial charge in [-0.05, 0) is 23.0 Å². The van der Waals surface area contributed by atoms with E-state index in [1.54, 1.807) is 11.8 Å². The van der Waals surface area contributed by atoms with Crippen molar-refractivity contribution in [1.82, 2.24) is 19.4 Å². The molecule has 1 aliphatic rings. The van der Waals surface area contributed by atoms with Gasteiger partial charge in [-0.25, -0.2) is 14.3 Å². The Kier molecular flexibility index (Phi) is 4.27. The molecule has 0 unspecified atom stereocenters. The van der Waals surface area contributed by atoms with Crippen molar-refractivity contribution in [2.75, 3.05) is 13.2 Å². The lowest BCUT2D eigenvalue weighted by molar-refractivity contribution is -0.392. The largest absolute Gasteiger partial charge is 0.445 e. The molecule has 4 rings (SSSR count). The Morgan fingerprint density at radius 3 is 3.04 bits per heavy atom. The molecule has 0 spiro atoms. The molecule has 0 atom stereocenters. The van der Waals surface area contributed by atoms with Crippen LogP contribution >= 0.6 is 0 Å². The molecule has 3 aromatic rings. The van der Waals surface area contributed by atoms with Gasteiger partial charge in [-0.3, -0.25) is 0 Å². The van der Waals surface area contributed by atoms with Crippen LogP contribution in [0.25, 0.3) is 10.9 Å². The number of amides is 1. The maximum atomic E-state index is 12.4. The van der Waals surface area contributed by atoms with Gasteiger partial charge in [0.05, 0.1) is 6.54 Å². The zero-order chi connectivity index (χ0) is 19.0. The molecular weight excluding hydrogens is 350 g/mol. The molecule has 1 aromatic carbocycles. The van der Waals surface area contributed by atoms with Crippen molar-refractivity contribution >= 4 is 22.8 Å². The minimum Gasteiger partial charge on any atom is -0.445 e. The Morgan fingerprint density at radius 1 is 1.41 bits per heavy atom. The third-order valence-corrected chi connectivity index (χ3v) is 4.90. The molecule has 140 valence electrons. The molecule has 3 heterocycles. The lowest BCUT2D eigenvalue weighted by Gasteiger charge is -2.26. The number of nitrogens with zero attached hydrogens (tertiary/aromatic N) is 4. The van der Waals surface area contributed by atoms with Gasteiger partial charge in [-0.15, -0.1) is 0 Å². The molecule has 0 fully saturated rings. The Balaban J connectivity index is 1.38. The standard InChI is InChI=1S/C18H19N5O4/c1-12-19-10-17(23(25)26)22(12)8-9-27-18(24)21-7-6-14-13-4-2-3-5-15(13)20-16(14)11-21/h2-5,10,20H,6-9,11H2,1H3. The summed E-state index contributed by atoms with van der Waals surface area (Å²) in [7, 11) is 0. The van der Waals surface area contributed by atoms with Crippen LogP contribution in [0.3, 0.4) is 0 Å². The summed E-state index contributed by atoms with van der Waals surface area (Å²) in [5.41, 5.74) is 3.35. The summed E-state index contributed by atoms with van der Waals surface area (Å²) in [5, 5.41) is 12.2. The molecule has 1 aliphatic heterocycles. The third-order valence-electron chi connectivity index (χ3n) is 4.90. The summed E-state index contributed by atoms with van der Waals surface area (Å²) in [4.78, 5) is 31.8. The molecule has 1 N–H and O–H groups in total. The second-order valence-electron chi connectivity index (χ2n) is 6.49. The smallest absolute Gasteiger partial charge is 0.410 e. The maximum absolute atomic E-state index is 12.4. The lowest BCUT2D eigenvalue weighted by atomic mass is 10.0. The van der Waals surface area contributed by atoms with Crippen molar-refractivity contribution in [3.05, 3.63) is 57.7 Å². The van der Waals surface area contributed by atoms with Gasteiger partial charge >= 0.3 is 11.9 Å². The van der Waals surface area contributed by atoms with Gasteiger partial charge in [0.15, 0.2) is 5.82 Å². The van der Waals surface area contributed by atoms with E-state index < -0.39 is 11.0 Å². The summed E-state index contributed by atoms with van der Waals surface area (Å²) in [6.07, 6.45) is 1.56. The van der Waals surface area contributed by atoms with Crippen LogP contribution in [-0.2, 0) is 24.2 Å². The second kappa shape index (κ2) is 6.75. The molecule has 2 aromatic heterocycles. The molecular formula is C18H19N5O4. The molecule has 0 bridgehead atoms. The number of carbonyl (C=O) groups is 1. The third kappa shape index (κ3) is 3.12. The number of imidazole rings is 1. The predicted molar refractivity (Wildman–Crippen MR) is 97.4 cm³/mol. The van der Waals surface area contributed by atoms with Gasteiger partial charge in [-0.1, -0.05) is 18.2 Å². The van der Waals surface area contributed by atoms with Crippen LogP contribution in [0.2, 0.25) is 0 Å². The Hall–Kier alpha value is -3.36. The van der Waals surface area contributed by atoms with Crippen LogP contribution in [0, 0.1) is 17.0 Å². The number of benzene rings is 1. The fraction of sp³-hybridized carbons (Fsp3) is 0.333. The Bertz CT molecular complexity index is 1020. The summed E-state index contributed by atoms with van der Waals surface area (Å²) in [6.45, 7) is 2.97. The highest BCUT2D eigenvalue weighted by atomic mass is 16.6. The molecule has 0 aliphatic carbocycles. The van der Waals surface area contributed by atoms with Crippen LogP contribution in [0.5, 0.6) is 0 Å². The van der Waals surface area contributed by atoms with Gasteiger partial charge in [-0.2, -0.15) is 0 Å². The number of aromatic amines is 1. The van der Waals surface area contributed by atoms with Crippen molar-refractivity contribution in [2.45, 2.75) is 26.4 Å². The molecule has 0 saturated carbocycles. The van der Waals surface area contributed by atoms with Crippen molar-refractivity contribution in [1.29, 1.82) is 0 Å². The van der Waals surface area contributed by atoms with E-state index in [0.717, 1.165) is 17.6 Å². The predicted octanol–water partition coefficient (Wildman–Crippen LogP) is 2.78. The minimum absolute atomic E-state index is 0.0485. The van der Waals surface area contributed by atoms with Crippen molar-refractivity contribution in [3.8, 4) is 0 Å². The van der Waals surface area contributed by atoms with Crippen LogP contribution in [0.1, 0.15) is 17.1 Å². The fourth-order valence-corrected chi connectivity index (χ4v) is 3.54. The Labute approximate surface area is 154 Å². The first kappa shape index (κ1) is 17.1. The zero-order valence-electron chi connectivity index (χ0n) is 14.8. The van der Waals surface area contributed by atoms with Gasteiger partial charge in [0.1, 0.15) is 19.3 Å². The lowest BCUT2D eigenvalue weighted by Crippen LogP contribution is -2.36. The average molecular weight is 369 g/mol. The van der Waals surface area contributed by atoms with Crippen molar-refractivity contribution < 1.29 is 14.5 Å². The second-order valence-corrected chi connectivity index (χ2v) is 6.49. The molecule has 9 heteroatoms. The van der Waals surface area contributed by atoms with Gasteiger partial charge in [0, 0.05) is 30.1 Å². The van der Waals surface area contributed by atoms with Crippen molar-refractivity contribution in [2.24, 2.45) is 0 Å². The number of hydrogen-bond donors (Lipinski definition) is 1. The number of ether oxygens (including phenoxy) is 1. The summed E-state index contributed by atoms with van der Waals surface area (Å²) in [5.74, 6) is 0.405. The first-order valence-corrected chi connectivity index (χ1v) is 8.71. The minimum atomic E-state index is -0.496. The van der Waals surface area contributed by atoms with E-state index in [9.17, 15) is 14.9 Å². The van der Waals surface area contributed by atoms with E-state index in [1.807, 2.05) is 18.2 Å². The van der Waals surface area contributed by atoms with E-state index >= 15 is 0 Å². The van der Waals surface area contributed by atoms with E-state index in [1.165, 1.54) is 21.7 Å². The number of aromatic nitrogens is 3. The summed E-state index contributed by atoms with van der Waals surface area (Å²) in [6, 6.07) is 8.09. The van der Waals surface area contributed by atoms with E-state index in [0.29, 0.717) is 18.9 Å². The number of nitrogens with one attached hydrogen (secondary N) is 1. The summed E-state index contributed by atoms with van der Waals surface area (Å²) < 4.78 is 6.77. The van der Waals surface area contributed by atoms with Gasteiger partial charge in [0.25, 0.3) is 0 Å². The number of fused-ring (bicyclic) bond motifs is 3. The van der Waals surface area contributed by atoms with Gasteiger partial charge < -0.3 is 24.7 Å². The molecule has 0 saturated heterocycles. The van der Waals surface area contributed by atoms with E-state index in [2.05, 4.69) is 16.0 Å². The number of hydrogen-bond acceptors (Lipinski definition) is 5. The molecule has 9 nitrogen and oxygen atoms in total. The van der Waals surface area contributed by atoms with Crippen molar-refractivity contribution in [3.63, 3.8) is 0 Å². The number of carbonyl (C=O) groups excluding carboxylic acids is 1. The Morgan fingerprint density at radius 2 is 2.22 bits per heavy atom. The number of para-hydroxylation sites is 1. The first-order valence-electron chi connectivity index (χ1n) is 8.71. The topological polar surface area (TPSA) is 106 Å². The van der Waals surface area contributed by atoms with Crippen LogP contribution in [0.15, 0.2) is 30.5 Å². The van der Waals surface area contributed by atoms with Crippen LogP contribution in [-0.4, -0.2) is 43.6 Å². The van der Waals surface area contributed by atoms with E-state index in [-0.39, 0.29) is 19.0 Å². The average Bonchev–Trinajstić information content (AvgIpc) is 3.21. The molecule has 1 amide bonds. The molecule has 27 heavy (non-hydrogen) atoms. The first-order chi connectivity index (χ1) is 13.0. The normalized spacial score (nSPS) is 13.6. The number of aryl methyl sites for hydroxylation is 1. The highest BCUT2D eigenvalue weighted by Crippen LogP contribution is 2.27. The van der Waals surface area contributed by atoms with Gasteiger partial charge in [0.2, 0.25) is 0 Å². The fourth-order valence-electron chi connectivity index (χ4n) is 3.54. The highest BCUT2D eigenvalue weighted by Gasteiger charge is 2.25. The van der Waals surface area contributed by atoms with Crippen LogP contribution < -0.4 is 0 Å². The summed E-state index contributed by atoms with van der Waals surface area (Å²) >= 11 is 0. The maximum Gasteiger partial charge on any atom is 0.410 e. The monoisotopic (exact) mass is 369 g/mol. The number of nitro groups is 1. The quantitative estimate of drug-likeness (QED) is 0.562. The molecule has 0 radical (unpaired) electrons. The van der Waals surface area contributed by atoms with Crippen LogP contribution in [0.4, 0.5) is 10.6 Å². The zero-order valence-corrected chi connectivity index (χ0v) is 14.8. The highest BCUT2D eigenvalue weighted by molar-refractivity contribution is 5.85. The van der Waals surface area contributed by atoms with E-state index in [4.69, 9.17) is 4.74 Å². The number of H-pyrrole nitrogens is 1.